The first-order valence-corrected chi connectivity index (χ1v) is 7.45. The normalized spacial score (nSPS) is 16.7. The fourth-order valence-electron chi connectivity index (χ4n) is 2.08. The molecular weight excluding hydrogens is 266 g/mol. The lowest BCUT2D eigenvalue weighted by Crippen LogP contribution is -2.45. The molecule has 4 nitrogen and oxygen atoms in total. The lowest BCUT2D eigenvalue weighted by atomic mass is 9.88. The first kappa shape index (κ1) is 17.5. The number of methoxy groups -OCH3 is 1. The van der Waals surface area contributed by atoms with Gasteiger partial charge in [0.05, 0.1) is 18.6 Å². The van der Waals surface area contributed by atoms with Crippen molar-refractivity contribution in [2.75, 3.05) is 13.7 Å². The van der Waals surface area contributed by atoms with Gasteiger partial charge in [-0.2, -0.15) is 0 Å². The number of carbonyl (C=O) groups excluding carboxylic acids is 1. The third-order valence-corrected chi connectivity index (χ3v) is 4.30. The van der Waals surface area contributed by atoms with Crippen LogP contribution in [0.3, 0.4) is 0 Å². The maximum Gasteiger partial charge on any atom is 0.227 e. The second-order valence-corrected chi connectivity index (χ2v) is 5.88. The molecule has 1 aromatic carbocycles. The predicted octanol–water partition coefficient (Wildman–Crippen LogP) is 2.71. The standard InChI is InChI=1S/C17H27NO3/c1-6-12(2)17(4,20)11-18-16(19)13(3)14-7-9-15(21-5)10-8-14/h7-10,12-13,20H,6,11H2,1-5H3,(H,18,19). The van der Waals surface area contributed by atoms with E-state index < -0.39 is 5.60 Å². The number of rotatable bonds is 7. The van der Waals surface area contributed by atoms with Crippen LogP contribution in [0, 0.1) is 5.92 Å². The molecule has 1 rings (SSSR count). The molecule has 3 unspecified atom stereocenters. The van der Waals surface area contributed by atoms with E-state index in [1.54, 1.807) is 14.0 Å². The van der Waals surface area contributed by atoms with Crippen molar-refractivity contribution in [3.05, 3.63) is 29.8 Å². The molecule has 4 heteroatoms. The summed E-state index contributed by atoms with van der Waals surface area (Å²) in [5.74, 6) is 0.563. The molecular formula is C17H27NO3. The number of aliphatic hydroxyl groups is 1. The molecule has 0 aliphatic rings. The molecule has 0 bridgehead atoms. The van der Waals surface area contributed by atoms with Crippen LogP contribution in [-0.4, -0.2) is 30.3 Å². The number of hydrogen-bond donors (Lipinski definition) is 2. The van der Waals surface area contributed by atoms with Gasteiger partial charge in [0.15, 0.2) is 0 Å². The second-order valence-electron chi connectivity index (χ2n) is 5.88. The molecule has 0 aliphatic carbocycles. The second kappa shape index (κ2) is 7.46. The molecule has 0 radical (unpaired) electrons. The third kappa shape index (κ3) is 4.74. The molecule has 1 aromatic rings. The maximum atomic E-state index is 12.2. The quantitative estimate of drug-likeness (QED) is 0.812. The van der Waals surface area contributed by atoms with Gasteiger partial charge < -0.3 is 15.2 Å². The highest BCUT2D eigenvalue weighted by Gasteiger charge is 2.28. The highest BCUT2D eigenvalue weighted by atomic mass is 16.5. The topological polar surface area (TPSA) is 58.6 Å². The molecule has 21 heavy (non-hydrogen) atoms. The van der Waals surface area contributed by atoms with Gasteiger partial charge in [-0.05, 0) is 37.5 Å². The first-order chi connectivity index (χ1) is 9.81. The summed E-state index contributed by atoms with van der Waals surface area (Å²) < 4.78 is 5.11. The van der Waals surface area contributed by atoms with Crippen molar-refractivity contribution >= 4 is 5.91 Å². The number of benzene rings is 1. The van der Waals surface area contributed by atoms with Crippen LogP contribution in [0.2, 0.25) is 0 Å². The first-order valence-electron chi connectivity index (χ1n) is 7.45. The molecule has 1 amide bonds. The van der Waals surface area contributed by atoms with Crippen molar-refractivity contribution < 1.29 is 14.6 Å². The van der Waals surface area contributed by atoms with Gasteiger partial charge in [0, 0.05) is 6.54 Å². The van der Waals surface area contributed by atoms with E-state index in [1.807, 2.05) is 45.0 Å². The summed E-state index contributed by atoms with van der Waals surface area (Å²) in [5.41, 5.74) is 0.0424. The Hall–Kier alpha value is -1.55. The molecule has 0 saturated heterocycles. The predicted molar refractivity (Wildman–Crippen MR) is 84.5 cm³/mol. The van der Waals surface area contributed by atoms with Crippen molar-refractivity contribution in [2.24, 2.45) is 5.92 Å². The Balaban J connectivity index is 2.62. The van der Waals surface area contributed by atoms with E-state index in [1.165, 1.54) is 0 Å². The largest absolute Gasteiger partial charge is 0.497 e. The van der Waals surface area contributed by atoms with Crippen LogP contribution in [0.4, 0.5) is 0 Å². The zero-order valence-electron chi connectivity index (χ0n) is 13.6. The summed E-state index contributed by atoms with van der Waals surface area (Å²) in [6.45, 7) is 7.90. The van der Waals surface area contributed by atoms with Crippen molar-refractivity contribution in [3.63, 3.8) is 0 Å². The molecule has 3 atom stereocenters. The van der Waals surface area contributed by atoms with Gasteiger partial charge in [-0.15, -0.1) is 0 Å². The van der Waals surface area contributed by atoms with Gasteiger partial charge in [0.2, 0.25) is 5.91 Å². The van der Waals surface area contributed by atoms with Gasteiger partial charge in [0.25, 0.3) is 0 Å². The minimum absolute atomic E-state index is 0.0799. The molecule has 0 spiro atoms. The van der Waals surface area contributed by atoms with Crippen LogP contribution in [0.15, 0.2) is 24.3 Å². The average Bonchev–Trinajstić information content (AvgIpc) is 2.51. The lowest BCUT2D eigenvalue weighted by Gasteiger charge is -2.30. The van der Waals surface area contributed by atoms with E-state index in [9.17, 15) is 9.90 Å². The lowest BCUT2D eigenvalue weighted by molar-refractivity contribution is -0.123. The number of carbonyl (C=O) groups is 1. The summed E-state index contributed by atoms with van der Waals surface area (Å²) in [4.78, 5) is 12.2. The molecule has 0 saturated carbocycles. The molecule has 118 valence electrons. The fraction of sp³-hybridized carbons (Fsp3) is 0.588. The average molecular weight is 293 g/mol. The third-order valence-electron chi connectivity index (χ3n) is 4.30. The van der Waals surface area contributed by atoms with E-state index in [0.29, 0.717) is 0 Å². The van der Waals surface area contributed by atoms with E-state index >= 15 is 0 Å². The molecule has 0 heterocycles. The van der Waals surface area contributed by atoms with E-state index in [0.717, 1.165) is 17.7 Å². The van der Waals surface area contributed by atoms with E-state index in [2.05, 4.69) is 5.32 Å². The smallest absolute Gasteiger partial charge is 0.227 e. The van der Waals surface area contributed by atoms with Crippen molar-refractivity contribution in [1.29, 1.82) is 0 Å². The Morgan fingerprint density at radius 1 is 1.33 bits per heavy atom. The molecule has 2 N–H and O–H groups in total. The molecule has 0 aromatic heterocycles. The summed E-state index contributed by atoms with van der Waals surface area (Å²) in [6, 6.07) is 7.45. The van der Waals surface area contributed by atoms with Crippen LogP contribution in [0.1, 0.15) is 45.6 Å². The Labute approximate surface area is 127 Å². The molecule has 0 fully saturated rings. The Bertz CT molecular complexity index is 454. The number of ether oxygens (including phenoxy) is 1. The summed E-state index contributed by atoms with van der Waals surface area (Å²) in [5, 5.41) is 13.2. The summed E-state index contributed by atoms with van der Waals surface area (Å²) in [6.07, 6.45) is 0.872. The Kier molecular flexibility index (Phi) is 6.21. The van der Waals surface area contributed by atoms with E-state index in [-0.39, 0.29) is 24.3 Å². The fourth-order valence-corrected chi connectivity index (χ4v) is 2.08. The van der Waals surface area contributed by atoms with Crippen LogP contribution < -0.4 is 10.1 Å². The van der Waals surface area contributed by atoms with Crippen molar-refractivity contribution in [2.45, 2.75) is 45.6 Å². The van der Waals surface area contributed by atoms with Crippen molar-refractivity contribution in [3.8, 4) is 5.75 Å². The summed E-state index contributed by atoms with van der Waals surface area (Å²) >= 11 is 0. The zero-order valence-corrected chi connectivity index (χ0v) is 13.6. The minimum Gasteiger partial charge on any atom is -0.497 e. The van der Waals surface area contributed by atoms with Crippen LogP contribution >= 0.6 is 0 Å². The SMILES string of the molecule is CCC(C)C(C)(O)CNC(=O)C(C)c1ccc(OC)cc1. The van der Waals surface area contributed by atoms with Crippen molar-refractivity contribution in [1.82, 2.24) is 5.32 Å². The van der Waals surface area contributed by atoms with Crippen LogP contribution in [0.25, 0.3) is 0 Å². The Morgan fingerprint density at radius 3 is 2.38 bits per heavy atom. The number of nitrogens with one attached hydrogen (secondary N) is 1. The zero-order chi connectivity index (χ0) is 16.0. The molecule has 0 aliphatic heterocycles. The highest BCUT2D eigenvalue weighted by Crippen LogP contribution is 2.21. The van der Waals surface area contributed by atoms with Crippen LogP contribution in [-0.2, 0) is 4.79 Å². The van der Waals surface area contributed by atoms with Gasteiger partial charge >= 0.3 is 0 Å². The minimum atomic E-state index is -0.885. The Morgan fingerprint density at radius 2 is 1.90 bits per heavy atom. The van der Waals surface area contributed by atoms with Gasteiger partial charge in [-0.3, -0.25) is 4.79 Å². The van der Waals surface area contributed by atoms with Gasteiger partial charge in [-0.1, -0.05) is 32.4 Å². The number of amides is 1. The van der Waals surface area contributed by atoms with Gasteiger partial charge in [0.1, 0.15) is 5.75 Å². The van der Waals surface area contributed by atoms with Gasteiger partial charge in [-0.25, -0.2) is 0 Å². The van der Waals surface area contributed by atoms with Crippen LogP contribution in [0.5, 0.6) is 5.75 Å². The van der Waals surface area contributed by atoms with E-state index in [4.69, 9.17) is 4.74 Å². The number of hydrogen-bond acceptors (Lipinski definition) is 3. The highest BCUT2D eigenvalue weighted by molar-refractivity contribution is 5.83. The summed E-state index contributed by atoms with van der Waals surface area (Å²) in [7, 11) is 1.61. The maximum absolute atomic E-state index is 12.2. The monoisotopic (exact) mass is 293 g/mol.